The van der Waals surface area contributed by atoms with E-state index < -0.39 is 0 Å². The zero-order valence-corrected chi connectivity index (χ0v) is 15.2. The van der Waals surface area contributed by atoms with E-state index in [0.717, 1.165) is 43.5 Å². The van der Waals surface area contributed by atoms with Gasteiger partial charge in [0.1, 0.15) is 6.61 Å². The summed E-state index contributed by atoms with van der Waals surface area (Å²) >= 11 is 5.93. The minimum absolute atomic E-state index is 0.00928. The van der Waals surface area contributed by atoms with Crippen molar-refractivity contribution in [2.75, 3.05) is 6.61 Å². The van der Waals surface area contributed by atoms with E-state index in [1.165, 1.54) is 6.42 Å². The highest BCUT2D eigenvalue weighted by Crippen LogP contribution is 2.67. The van der Waals surface area contributed by atoms with Crippen LogP contribution in [-0.2, 0) is 14.9 Å². The minimum Gasteiger partial charge on any atom is -0.368 e. The lowest BCUT2D eigenvalue weighted by Crippen LogP contribution is -2.77. The summed E-state index contributed by atoms with van der Waals surface area (Å²) in [6, 6.07) is 7.53. The first-order valence-electron chi connectivity index (χ1n) is 9.17. The van der Waals surface area contributed by atoms with Gasteiger partial charge in [-0.2, -0.15) is 0 Å². The van der Waals surface area contributed by atoms with Gasteiger partial charge < -0.3 is 10.1 Å². The standard InChI is InChI=1S/C19H21ClN4O2/c20-13-4-6-14(7-5-13)24-8-16(22-23-24)18-10-19(11-18,12-18)21-17(25)9-26-15-2-1-3-15/h4-8,15H,1-3,9-12H2,(H,21,25). The lowest BCUT2D eigenvalue weighted by molar-refractivity contribution is -0.145. The molecule has 2 bridgehead atoms. The number of rotatable bonds is 6. The van der Waals surface area contributed by atoms with Gasteiger partial charge in [0.05, 0.1) is 23.7 Å². The van der Waals surface area contributed by atoms with Crippen LogP contribution in [0.15, 0.2) is 30.5 Å². The van der Waals surface area contributed by atoms with Crippen LogP contribution in [0.5, 0.6) is 0 Å². The van der Waals surface area contributed by atoms with Crippen molar-refractivity contribution in [2.45, 2.75) is 55.6 Å². The van der Waals surface area contributed by atoms with Crippen LogP contribution in [0.1, 0.15) is 44.2 Å². The number of carbonyl (C=O) groups excluding carboxylic acids is 1. The number of nitrogens with one attached hydrogen (secondary N) is 1. The third-order valence-corrected chi connectivity index (χ3v) is 6.32. The topological polar surface area (TPSA) is 69.0 Å². The second-order valence-electron chi connectivity index (χ2n) is 8.03. The molecular formula is C19H21ClN4O2. The highest BCUT2D eigenvalue weighted by Gasteiger charge is 2.70. The highest BCUT2D eigenvalue weighted by atomic mass is 35.5. The Morgan fingerprint density at radius 1 is 1.27 bits per heavy atom. The van der Waals surface area contributed by atoms with Crippen molar-refractivity contribution in [3.63, 3.8) is 0 Å². The highest BCUT2D eigenvalue weighted by molar-refractivity contribution is 6.30. The quantitative estimate of drug-likeness (QED) is 0.846. The molecule has 0 unspecified atom stereocenters. The van der Waals surface area contributed by atoms with Crippen LogP contribution in [0, 0.1) is 0 Å². The largest absolute Gasteiger partial charge is 0.368 e. The fourth-order valence-corrected chi connectivity index (χ4v) is 4.61. The van der Waals surface area contributed by atoms with Gasteiger partial charge in [0.25, 0.3) is 0 Å². The van der Waals surface area contributed by atoms with Gasteiger partial charge in [-0.25, -0.2) is 4.68 Å². The Balaban J connectivity index is 1.18. The maximum atomic E-state index is 12.1. The minimum atomic E-state index is -0.0515. The van der Waals surface area contributed by atoms with Gasteiger partial charge in [-0.15, -0.1) is 5.10 Å². The summed E-state index contributed by atoms with van der Waals surface area (Å²) in [7, 11) is 0. The van der Waals surface area contributed by atoms with Crippen molar-refractivity contribution in [2.24, 2.45) is 0 Å². The van der Waals surface area contributed by atoms with E-state index in [1.807, 2.05) is 30.5 Å². The summed E-state index contributed by atoms with van der Waals surface area (Å²) in [6.45, 7) is 0.187. The van der Waals surface area contributed by atoms with Gasteiger partial charge in [0.2, 0.25) is 5.91 Å². The second-order valence-corrected chi connectivity index (χ2v) is 8.46. The number of carbonyl (C=O) groups is 1. The van der Waals surface area contributed by atoms with E-state index in [4.69, 9.17) is 16.3 Å². The van der Waals surface area contributed by atoms with E-state index in [0.29, 0.717) is 11.1 Å². The molecule has 0 spiro atoms. The van der Waals surface area contributed by atoms with Crippen molar-refractivity contribution in [1.29, 1.82) is 0 Å². The smallest absolute Gasteiger partial charge is 0.246 e. The summed E-state index contributed by atoms with van der Waals surface area (Å²) in [5.41, 5.74) is 1.97. The van der Waals surface area contributed by atoms with Crippen molar-refractivity contribution in [1.82, 2.24) is 20.3 Å². The summed E-state index contributed by atoms with van der Waals surface area (Å²) < 4.78 is 7.38. The first-order chi connectivity index (χ1) is 12.6. The van der Waals surface area contributed by atoms with E-state index >= 15 is 0 Å². The molecule has 6 nitrogen and oxygen atoms in total. The molecular weight excluding hydrogens is 352 g/mol. The van der Waals surface area contributed by atoms with Crippen LogP contribution < -0.4 is 5.32 Å². The molecule has 1 heterocycles. The lowest BCUT2D eigenvalue weighted by Gasteiger charge is -2.69. The van der Waals surface area contributed by atoms with Gasteiger partial charge in [-0.1, -0.05) is 16.8 Å². The summed E-state index contributed by atoms with van der Waals surface area (Å²) in [6.07, 6.45) is 8.50. The molecule has 4 saturated carbocycles. The summed E-state index contributed by atoms with van der Waals surface area (Å²) in [5, 5.41) is 12.5. The molecule has 1 aromatic carbocycles. The zero-order chi connectivity index (χ0) is 17.8. The SMILES string of the molecule is O=C(COC1CCC1)NC12CC(c3cn(-c4ccc(Cl)cc4)nn3)(C1)C2. The molecule has 0 atom stereocenters. The average molecular weight is 373 g/mol. The van der Waals surface area contributed by atoms with E-state index in [-0.39, 0.29) is 23.5 Å². The Kier molecular flexibility index (Phi) is 3.62. The summed E-state index contributed by atoms with van der Waals surface area (Å²) in [4.78, 5) is 12.1. The van der Waals surface area contributed by atoms with Crippen molar-refractivity contribution in [3.05, 3.63) is 41.2 Å². The number of aromatic nitrogens is 3. The molecule has 6 rings (SSSR count). The van der Waals surface area contributed by atoms with E-state index in [9.17, 15) is 4.79 Å². The van der Waals surface area contributed by atoms with Crippen LogP contribution in [-0.4, -0.2) is 39.2 Å². The molecule has 1 N–H and O–H groups in total. The number of ether oxygens (including phenoxy) is 1. The third-order valence-electron chi connectivity index (χ3n) is 6.07. The molecule has 4 aliphatic rings. The molecule has 4 aliphatic carbocycles. The van der Waals surface area contributed by atoms with Crippen molar-refractivity contribution >= 4 is 17.5 Å². The molecule has 4 fully saturated rings. The van der Waals surface area contributed by atoms with Crippen LogP contribution in [0.25, 0.3) is 5.69 Å². The van der Waals surface area contributed by atoms with Crippen LogP contribution >= 0.6 is 11.6 Å². The lowest BCUT2D eigenvalue weighted by atomic mass is 9.38. The van der Waals surface area contributed by atoms with Crippen molar-refractivity contribution < 1.29 is 9.53 Å². The normalized spacial score (nSPS) is 29.4. The summed E-state index contributed by atoms with van der Waals surface area (Å²) in [5.74, 6) is 0.00928. The monoisotopic (exact) mass is 372 g/mol. The molecule has 1 aromatic heterocycles. The molecule has 26 heavy (non-hydrogen) atoms. The molecule has 0 aliphatic heterocycles. The Bertz CT molecular complexity index is 824. The molecule has 2 aromatic rings. The predicted molar refractivity (Wildman–Crippen MR) is 96.4 cm³/mol. The Labute approximate surface area is 156 Å². The fourth-order valence-electron chi connectivity index (χ4n) is 4.48. The second kappa shape index (κ2) is 5.79. The predicted octanol–water partition coefficient (Wildman–Crippen LogP) is 2.78. The van der Waals surface area contributed by atoms with Crippen LogP contribution in [0.3, 0.4) is 0 Å². The Morgan fingerprint density at radius 3 is 2.65 bits per heavy atom. The van der Waals surface area contributed by atoms with Gasteiger partial charge in [-0.05, 0) is 62.8 Å². The number of hydrogen-bond donors (Lipinski definition) is 1. The number of hydrogen-bond acceptors (Lipinski definition) is 4. The molecule has 136 valence electrons. The number of nitrogens with zero attached hydrogens (tertiary/aromatic N) is 3. The number of halogens is 1. The zero-order valence-electron chi connectivity index (χ0n) is 14.4. The number of benzene rings is 1. The van der Waals surface area contributed by atoms with Gasteiger partial charge in [0, 0.05) is 16.0 Å². The van der Waals surface area contributed by atoms with Crippen LogP contribution in [0.2, 0.25) is 5.02 Å². The van der Waals surface area contributed by atoms with Crippen molar-refractivity contribution in [3.8, 4) is 5.69 Å². The first-order valence-corrected chi connectivity index (χ1v) is 9.55. The van der Waals surface area contributed by atoms with Crippen LogP contribution in [0.4, 0.5) is 0 Å². The van der Waals surface area contributed by atoms with E-state index in [1.54, 1.807) is 4.68 Å². The molecule has 7 heteroatoms. The maximum absolute atomic E-state index is 12.1. The Hall–Kier alpha value is -1.92. The molecule has 0 radical (unpaired) electrons. The van der Waals surface area contributed by atoms with Gasteiger partial charge in [-0.3, -0.25) is 4.79 Å². The van der Waals surface area contributed by atoms with E-state index in [2.05, 4.69) is 15.6 Å². The molecule has 1 amide bonds. The molecule has 0 saturated heterocycles. The first kappa shape index (κ1) is 16.3. The van der Waals surface area contributed by atoms with Gasteiger partial charge >= 0.3 is 0 Å². The fraction of sp³-hybridized carbons (Fsp3) is 0.526. The average Bonchev–Trinajstić information content (AvgIpc) is 2.98. The van der Waals surface area contributed by atoms with Gasteiger partial charge in [0.15, 0.2) is 0 Å². The number of amides is 1. The maximum Gasteiger partial charge on any atom is 0.246 e. The Morgan fingerprint density at radius 2 is 2.00 bits per heavy atom. The third kappa shape index (κ3) is 2.63.